The molecule has 108 valence electrons. The van der Waals surface area contributed by atoms with E-state index in [2.05, 4.69) is 4.90 Å². The number of carboxylic acids is 1. The third-order valence-corrected chi connectivity index (χ3v) is 5.90. The van der Waals surface area contributed by atoms with Crippen molar-refractivity contribution in [3.63, 3.8) is 0 Å². The van der Waals surface area contributed by atoms with Gasteiger partial charge in [0.1, 0.15) is 6.04 Å². The summed E-state index contributed by atoms with van der Waals surface area (Å²) in [6.07, 6.45) is 6.15. The summed E-state index contributed by atoms with van der Waals surface area (Å²) in [5, 5.41) is 9.34. The first-order valence-corrected chi connectivity index (χ1v) is 8.56. The van der Waals surface area contributed by atoms with Crippen molar-refractivity contribution >= 4 is 17.7 Å². The topological polar surface area (TPSA) is 49.8 Å². The maximum atomic E-state index is 11.3. The van der Waals surface area contributed by atoms with Crippen LogP contribution in [0, 0.1) is 0 Å². The number of hydrogen-bond acceptors (Lipinski definition) is 4. The van der Waals surface area contributed by atoms with Crippen LogP contribution in [0.15, 0.2) is 0 Å². The second-order valence-corrected chi connectivity index (χ2v) is 7.25. The molecular formula is C14H23NO3S. The van der Waals surface area contributed by atoms with Crippen LogP contribution in [0.4, 0.5) is 0 Å². The highest BCUT2D eigenvalue weighted by molar-refractivity contribution is 7.99. The lowest BCUT2D eigenvalue weighted by Crippen LogP contribution is -2.52. The summed E-state index contributed by atoms with van der Waals surface area (Å²) >= 11 is 2.01. The van der Waals surface area contributed by atoms with Crippen molar-refractivity contribution in [1.82, 2.24) is 4.90 Å². The fraction of sp³-hybridized carbons (Fsp3) is 0.929. The first-order valence-electron chi connectivity index (χ1n) is 7.40. The van der Waals surface area contributed by atoms with Gasteiger partial charge in [-0.1, -0.05) is 0 Å². The Hall–Kier alpha value is -0.260. The molecule has 19 heavy (non-hydrogen) atoms. The fourth-order valence-corrected chi connectivity index (χ4v) is 5.10. The molecule has 4 nitrogen and oxygen atoms in total. The molecular weight excluding hydrogens is 262 g/mol. The zero-order chi connectivity index (χ0) is 13.3. The van der Waals surface area contributed by atoms with Crippen molar-refractivity contribution in [2.45, 2.75) is 56.2 Å². The van der Waals surface area contributed by atoms with Crippen molar-refractivity contribution in [2.24, 2.45) is 0 Å². The van der Waals surface area contributed by atoms with Gasteiger partial charge in [-0.3, -0.25) is 9.69 Å². The number of aliphatic carboxylic acids is 1. The Morgan fingerprint density at radius 1 is 1.32 bits per heavy atom. The first kappa shape index (κ1) is 13.7. The molecule has 0 aromatic heterocycles. The van der Waals surface area contributed by atoms with E-state index >= 15 is 0 Å². The molecule has 2 unspecified atom stereocenters. The summed E-state index contributed by atoms with van der Waals surface area (Å²) in [5.41, 5.74) is 0.0554. The van der Waals surface area contributed by atoms with E-state index < -0.39 is 5.97 Å². The molecule has 3 saturated heterocycles. The minimum atomic E-state index is -0.641. The quantitative estimate of drug-likeness (QED) is 0.841. The van der Waals surface area contributed by atoms with Crippen molar-refractivity contribution in [2.75, 3.05) is 24.7 Å². The van der Waals surface area contributed by atoms with Gasteiger partial charge in [-0.25, -0.2) is 0 Å². The smallest absolute Gasteiger partial charge is 0.320 e. The highest BCUT2D eigenvalue weighted by Crippen LogP contribution is 2.40. The predicted molar refractivity (Wildman–Crippen MR) is 75.6 cm³/mol. The van der Waals surface area contributed by atoms with Gasteiger partial charge >= 0.3 is 5.97 Å². The largest absolute Gasteiger partial charge is 0.480 e. The van der Waals surface area contributed by atoms with Crippen molar-refractivity contribution < 1.29 is 14.6 Å². The van der Waals surface area contributed by atoms with Crippen molar-refractivity contribution in [1.29, 1.82) is 0 Å². The average Bonchev–Trinajstić information content (AvgIpc) is 2.89. The van der Waals surface area contributed by atoms with Crippen molar-refractivity contribution in [3.05, 3.63) is 0 Å². The second-order valence-electron chi connectivity index (χ2n) is 6.02. The summed E-state index contributed by atoms with van der Waals surface area (Å²) in [7, 11) is 0. The third kappa shape index (κ3) is 2.78. The minimum Gasteiger partial charge on any atom is -0.480 e. The lowest BCUT2D eigenvalue weighted by molar-refractivity contribution is -0.147. The van der Waals surface area contributed by atoms with Crippen LogP contribution in [-0.2, 0) is 9.53 Å². The van der Waals surface area contributed by atoms with Gasteiger partial charge in [0.15, 0.2) is 0 Å². The van der Waals surface area contributed by atoms with Gasteiger partial charge < -0.3 is 9.84 Å². The zero-order valence-corrected chi connectivity index (χ0v) is 12.2. The molecule has 1 spiro atoms. The summed E-state index contributed by atoms with van der Waals surface area (Å²) < 4.78 is 6.10. The summed E-state index contributed by atoms with van der Waals surface area (Å²) in [4.78, 5) is 13.6. The predicted octanol–water partition coefficient (Wildman–Crippen LogP) is 1.98. The number of likely N-dealkylation sites (tertiary alicyclic amines) is 1. The van der Waals surface area contributed by atoms with Crippen molar-refractivity contribution in [3.8, 4) is 0 Å². The molecule has 0 aromatic rings. The molecule has 0 saturated carbocycles. The highest BCUT2D eigenvalue weighted by Gasteiger charge is 2.44. The van der Waals surface area contributed by atoms with E-state index in [4.69, 9.17) is 4.74 Å². The summed E-state index contributed by atoms with van der Waals surface area (Å²) in [6.45, 7) is 1.75. The number of rotatable bonds is 2. The van der Waals surface area contributed by atoms with Gasteiger partial charge in [0.25, 0.3) is 0 Å². The van der Waals surface area contributed by atoms with Gasteiger partial charge in [0, 0.05) is 12.6 Å². The van der Waals surface area contributed by atoms with Gasteiger partial charge in [0.05, 0.1) is 5.60 Å². The average molecular weight is 285 g/mol. The first-order chi connectivity index (χ1) is 9.20. The number of nitrogens with zero attached hydrogens (tertiary/aromatic N) is 1. The number of carbonyl (C=O) groups is 1. The lowest BCUT2D eigenvalue weighted by Gasteiger charge is -2.46. The maximum Gasteiger partial charge on any atom is 0.320 e. The van der Waals surface area contributed by atoms with Gasteiger partial charge in [0.2, 0.25) is 0 Å². The number of ether oxygens (including phenoxy) is 1. The van der Waals surface area contributed by atoms with E-state index in [0.717, 1.165) is 51.7 Å². The molecule has 0 aromatic carbocycles. The molecule has 0 aliphatic carbocycles. The molecule has 3 heterocycles. The number of hydrogen-bond donors (Lipinski definition) is 1. The van der Waals surface area contributed by atoms with Crippen LogP contribution in [0.1, 0.15) is 38.5 Å². The van der Waals surface area contributed by atoms with Crippen LogP contribution in [-0.4, -0.2) is 58.3 Å². The van der Waals surface area contributed by atoms with Crippen LogP contribution in [0.5, 0.6) is 0 Å². The van der Waals surface area contributed by atoms with Crippen LogP contribution in [0.2, 0.25) is 0 Å². The lowest BCUT2D eigenvalue weighted by atomic mass is 9.84. The number of carboxylic acid groups (broad SMARTS) is 1. The van der Waals surface area contributed by atoms with E-state index in [1.54, 1.807) is 0 Å². The van der Waals surface area contributed by atoms with Crippen LogP contribution < -0.4 is 0 Å². The molecule has 2 atom stereocenters. The highest BCUT2D eigenvalue weighted by atomic mass is 32.2. The van der Waals surface area contributed by atoms with E-state index in [1.165, 1.54) is 11.5 Å². The molecule has 3 aliphatic heterocycles. The Balaban J connectivity index is 1.69. The van der Waals surface area contributed by atoms with E-state index in [0.29, 0.717) is 6.04 Å². The Morgan fingerprint density at radius 3 is 2.84 bits per heavy atom. The maximum absolute atomic E-state index is 11.3. The molecule has 0 bridgehead atoms. The molecule has 3 fully saturated rings. The van der Waals surface area contributed by atoms with Crippen LogP contribution in [0.3, 0.4) is 0 Å². The number of thioether (sulfide) groups is 1. The monoisotopic (exact) mass is 285 g/mol. The molecule has 1 N–H and O–H groups in total. The van der Waals surface area contributed by atoms with E-state index in [-0.39, 0.29) is 11.6 Å². The Morgan fingerprint density at radius 2 is 2.11 bits per heavy atom. The zero-order valence-electron chi connectivity index (χ0n) is 11.3. The Kier molecular flexibility index (Phi) is 4.06. The SMILES string of the molecule is O=C(O)C1CCCN1C1CCOC2(CCSCC2)C1. The van der Waals surface area contributed by atoms with E-state index in [9.17, 15) is 9.90 Å². The van der Waals surface area contributed by atoms with Gasteiger partial charge in [-0.05, 0) is 56.6 Å². The van der Waals surface area contributed by atoms with Gasteiger partial charge in [-0.15, -0.1) is 0 Å². The molecule has 3 rings (SSSR count). The fourth-order valence-electron chi connectivity index (χ4n) is 3.87. The summed E-state index contributed by atoms with van der Waals surface area (Å²) in [6, 6.07) is 0.165. The normalized spacial score (nSPS) is 35.6. The van der Waals surface area contributed by atoms with Crippen LogP contribution >= 0.6 is 11.8 Å². The molecule has 0 radical (unpaired) electrons. The standard InChI is InChI=1S/C14H23NO3S/c16-13(17)12-2-1-6-15(12)11-3-7-18-14(10-11)4-8-19-9-5-14/h11-12H,1-10H2,(H,16,17). The minimum absolute atomic E-state index is 0.0554. The molecule has 3 aliphatic rings. The van der Waals surface area contributed by atoms with Crippen LogP contribution in [0.25, 0.3) is 0 Å². The Bertz CT molecular complexity index is 338. The van der Waals surface area contributed by atoms with E-state index in [1.807, 2.05) is 11.8 Å². The Labute approximate surface area is 118 Å². The second kappa shape index (κ2) is 5.62. The summed E-state index contributed by atoms with van der Waals surface area (Å²) in [5.74, 6) is 1.74. The molecule has 5 heteroatoms. The third-order valence-electron chi connectivity index (χ3n) is 4.92. The molecule has 0 amide bonds. The van der Waals surface area contributed by atoms with Gasteiger partial charge in [-0.2, -0.15) is 11.8 Å².